The Hall–Kier alpha value is -0.850. The average molecular weight is 346 g/mol. The molecule has 96 valence electrons. The van der Waals surface area contributed by atoms with Gasteiger partial charge in [0, 0.05) is 21.1 Å². The lowest BCUT2D eigenvalue weighted by atomic mass is 10.3. The second-order valence-electron chi connectivity index (χ2n) is 3.59. The summed E-state index contributed by atoms with van der Waals surface area (Å²) in [7, 11) is 0.409. The Morgan fingerprint density at radius 2 is 2.22 bits per heavy atom. The minimum Gasteiger partial charge on any atom is -0.495 e. The van der Waals surface area contributed by atoms with Crippen molar-refractivity contribution < 1.29 is 8.95 Å². The third kappa shape index (κ3) is 2.93. The smallest absolute Gasteiger partial charge is 0.137 e. The standard InChI is InChI=1S/C12H12BrNO2S2/c1-16-10-6-8(14)2-3-12(10)18(15)7-11-9(13)4-5-17-11/h2-6H,7,14H2,1H3. The topological polar surface area (TPSA) is 52.3 Å². The summed E-state index contributed by atoms with van der Waals surface area (Å²) in [4.78, 5) is 1.74. The van der Waals surface area contributed by atoms with Crippen LogP contribution in [-0.4, -0.2) is 11.3 Å². The molecule has 0 bridgehead atoms. The number of hydrogen-bond acceptors (Lipinski definition) is 4. The number of hydrogen-bond donors (Lipinski definition) is 1. The fourth-order valence-corrected chi connectivity index (χ4v) is 4.69. The zero-order chi connectivity index (χ0) is 13.1. The predicted molar refractivity (Wildman–Crippen MR) is 79.5 cm³/mol. The van der Waals surface area contributed by atoms with Crippen molar-refractivity contribution in [2.75, 3.05) is 12.8 Å². The largest absolute Gasteiger partial charge is 0.495 e. The van der Waals surface area contributed by atoms with Crippen molar-refractivity contribution in [1.29, 1.82) is 0 Å². The molecular formula is C12H12BrNO2S2. The first kappa shape index (κ1) is 13.6. The Labute approximate surface area is 121 Å². The molecule has 1 heterocycles. The summed E-state index contributed by atoms with van der Waals surface area (Å²) in [6, 6.07) is 7.14. The van der Waals surface area contributed by atoms with Gasteiger partial charge in [-0.3, -0.25) is 4.21 Å². The van der Waals surface area contributed by atoms with Gasteiger partial charge in [0.25, 0.3) is 0 Å². The van der Waals surface area contributed by atoms with Gasteiger partial charge in [-0.25, -0.2) is 0 Å². The Morgan fingerprint density at radius 3 is 2.83 bits per heavy atom. The molecule has 3 nitrogen and oxygen atoms in total. The van der Waals surface area contributed by atoms with Crippen LogP contribution in [0.5, 0.6) is 5.75 Å². The summed E-state index contributed by atoms with van der Waals surface area (Å²) in [5, 5.41) is 1.97. The van der Waals surface area contributed by atoms with E-state index in [-0.39, 0.29) is 0 Å². The van der Waals surface area contributed by atoms with Gasteiger partial charge in [-0.15, -0.1) is 11.3 Å². The molecule has 0 radical (unpaired) electrons. The van der Waals surface area contributed by atoms with E-state index in [4.69, 9.17) is 10.5 Å². The van der Waals surface area contributed by atoms with Crippen LogP contribution >= 0.6 is 27.3 Å². The summed E-state index contributed by atoms with van der Waals surface area (Å²) in [5.74, 6) is 1.04. The SMILES string of the molecule is COc1cc(N)ccc1S(=O)Cc1sccc1Br. The third-order valence-corrected chi connectivity index (χ3v) is 5.87. The number of methoxy groups -OCH3 is 1. The van der Waals surface area contributed by atoms with Crippen LogP contribution in [0.15, 0.2) is 39.0 Å². The number of halogens is 1. The Kier molecular flexibility index (Phi) is 4.42. The van der Waals surface area contributed by atoms with E-state index in [1.54, 1.807) is 36.6 Å². The summed E-state index contributed by atoms with van der Waals surface area (Å²) >= 11 is 5.02. The highest BCUT2D eigenvalue weighted by molar-refractivity contribution is 9.10. The van der Waals surface area contributed by atoms with Gasteiger partial charge in [-0.2, -0.15) is 0 Å². The minimum absolute atomic E-state index is 0.471. The summed E-state index contributed by atoms with van der Waals surface area (Å²) in [6.07, 6.45) is 0. The van der Waals surface area contributed by atoms with E-state index in [1.807, 2.05) is 11.4 Å². The number of nitrogens with two attached hydrogens (primary N) is 1. The molecule has 1 atom stereocenters. The fourth-order valence-electron chi connectivity index (χ4n) is 1.50. The Bertz CT molecular complexity index is 583. The van der Waals surface area contributed by atoms with E-state index in [0.29, 0.717) is 22.1 Å². The lowest BCUT2D eigenvalue weighted by Gasteiger charge is -2.08. The molecule has 1 unspecified atom stereocenters. The van der Waals surface area contributed by atoms with E-state index in [9.17, 15) is 4.21 Å². The first-order chi connectivity index (χ1) is 8.61. The second-order valence-corrected chi connectivity index (χ2v) is 6.87. The molecule has 0 saturated carbocycles. The second kappa shape index (κ2) is 5.86. The van der Waals surface area contributed by atoms with Crippen molar-refractivity contribution in [2.45, 2.75) is 10.6 Å². The van der Waals surface area contributed by atoms with E-state index in [2.05, 4.69) is 15.9 Å². The lowest BCUT2D eigenvalue weighted by Crippen LogP contribution is -1.99. The van der Waals surface area contributed by atoms with E-state index < -0.39 is 10.8 Å². The molecular weight excluding hydrogens is 334 g/mol. The molecule has 1 aromatic carbocycles. The van der Waals surface area contributed by atoms with Crippen LogP contribution in [0.25, 0.3) is 0 Å². The summed E-state index contributed by atoms with van der Waals surface area (Å²) in [5.41, 5.74) is 6.28. The van der Waals surface area contributed by atoms with Crippen LogP contribution in [0.3, 0.4) is 0 Å². The van der Waals surface area contributed by atoms with E-state index in [1.165, 1.54) is 0 Å². The third-order valence-electron chi connectivity index (χ3n) is 2.39. The molecule has 0 aliphatic rings. The maximum absolute atomic E-state index is 12.3. The number of nitrogen functional groups attached to an aromatic ring is 1. The maximum atomic E-state index is 12.3. The van der Waals surface area contributed by atoms with Crippen molar-refractivity contribution in [3.8, 4) is 5.75 Å². The number of benzene rings is 1. The number of anilines is 1. The van der Waals surface area contributed by atoms with Crippen LogP contribution in [0.4, 0.5) is 5.69 Å². The molecule has 0 aliphatic heterocycles. The van der Waals surface area contributed by atoms with Gasteiger partial charge in [-0.1, -0.05) is 0 Å². The van der Waals surface area contributed by atoms with Crippen molar-refractivity contribution in [2.24, 2.45) is 0 Å². The van der Waals surface area contributed by atoms with Gasteiger partial charge in [0.15, 0.2) is 0 Å². The monoisotopic (exact) mass is 345 g/mol. The molecule has 1 aromatic heterocycles. The van der Waals surface area contributed by atoms with Gasteiger partial charge >= 0.3 is 0 Å². The van der Waals surface area contributed by atoms with Gasteiger partial charge in [0.2, 0.25) is 0 Å². The minimum atomic E-state index is -1.14. The molecule has 0 aliphatic carbocycles. The number of ether oxygens (including phenoxy) is 1. The number of rotatable bonds is 4. The van der Waals surface area contributed by atoms with E-state index >= 15 is 0 Å². The predicted octanol–water partition coefficient (Wildman–Crippen LogP) is 3.41. The van der Waals surface area contributed by atoms with Crippen molar-refractivity contribution in [3.05, 3.63) is 39.0 Å². The molecule has 0 saturated heterocycles. The van der Waals surface area contributed by atoms with Crippen LogP contribution < -0.4 is 10.5 Å². The van der Waals surface area contributed by atoms with E-state index in [0.717, 1.165) is 9.35 Å². The fraction of sp³-hybridized carbons (Fsp3) is 0.167. The molecule has 18 heavy (non-hydrogen) atoms. The summed E-state index contributed by atoms with van der Waals surface area (Å²) < 4.78 is 18.5. The van der Waals surface area contributed by atoms with Crippen LogP contribution in [0.2, 0.25) is 0 Å². The highest BCUT2D eigenvalue weighted by Crippen LogP contribution is 2.30. The molecule has 0 fully saturated rings. The van der Waals surface area contributed by atoms with Crippen LogP contribution in [0.1, 0.15) is 4.88 Å². The highest BCUT2D eigenvalue weighted by atomic mass is 79.9. The Morgan fingerprint density at radius 1 is 1.44 bits per heavy atom. The molecule has 2 aromatic rings. The van der Waals surface area contributed by atoms with Gasteiger partial charge in [0.05, 0.1) is 28.6 Å². The van der Waals surface area contributed by atoms with Gasteiger partial charge in [0.1, 0.15) is 5.75 Å². The summed E-state index contributed by atoms with van der Waals surface area (Å²) in [6.45, 7) is 0. The van der Waals surface area contributed by atoms with Crippen molar-refractivity contribution >= 4 is 43.8 Å². The first-order valence-corrected chi connectivity index (χ1v) is 8.14. The van der Waals surface area contributed by atoms with Crippen molar-refractivity contribution in [3.63, 3.8) is 0 Å². The highest BCUT2D eigenvalue weighted by Gasteiger charge is 2.13. The normalized spacial score (nSPS) is 12.3. The number of thiophene rings is 1. The van der Waals surface area contributed by atoms with Crippen LogP contribution in [-0.2, 0) is 16.6 Å². The van der Waals surface area contributed by atoms with Gasteiger partial charge in [-0.05, 0) is 39.5 Å². The zero-order valence-electron chi connectivity index (χ0n) is 9.68. The zero-order valence-corrected chi connectivity index (χ0v) is 12.9. The maximum Gasteiger partial charge on any atom is 0.137 e. The van der Waals surface area contributed by atoms with Crippen molar-refractivity contribution in [1.82, 2.24) is 0 Å². The average Bonchev–Trinajstić information content (AvgIpc) is 2.74. The lowest BCUT2D eigenvalue weighted by molar-refractivity contribution is 0.404. The Balaban J connectivity index is 2.26. The molecule has 0 amide bonds. The molecule has 6 heteroatoms. The first-order valence-electron chi connectivity index (χ1n) is 5.15. The molecule has 2 rings (SSSR count). The van der Waals surface area contributed by atoms with Crippen LogP contribution in [0, 0.1) is 0 Å². The molecule has 0 spiro atoms. The van der Waals surface area contributed by atoms with Gasteiger partial charge < -0.3 is 10.5 Å². The quantitative estimate of drug-likeness (QED) is 0.864. The molecule has 2 N–H and O–H groups in total.